The highest BCUT2D eigenvalue weighted by atomic mass is 16.5. The van der Waals surface area contributed by atoms with E-state index in [1.807, 2.05) is 13.0 Å². The fourth-order valence-corrected chi connectivity index (χ4v) is 2.41. The van der Waals surface area contributed by atoms with Crippen LogP contribution in [-0.2, 0) is 11.3 Å². The van der Waals surface area contributed by atoms with Crippen molar-refractivity contribution in [1.82, 2.24) is 14.9 Å². The molecule has 1 fully saturated rings. The second-order valence-corrected chi connectivity index (χ2v) is 5.17. The maximum Gasteiger partial charge on any atom is 0.144 e. The molecule has 2 heterocycles. The third kappa shape index (κ3) is 4.44. The van der Waals surface area contributed by atoms with Gasteiger partial charge in [0.05, 0.1) is 12.6 Å². The molecule has 1 saturated heterocycles. The second-order valence-electron chi connectivity index (χ2n) is 5.17. The van der Waals surface area contributed by atoms with Crippen molar-refractivity contribution in [2.24, 2.45) is 0 Å². The van der Waals surface area contributed by atoms with E-state index in [1.54, 1.807) is 0 Å². The van der Waals surface area contributed by atoms with Gasteiger partial charge in [0.1, 0.15) is 11.6 Å². The van der Waals surface area contributed by atoms with E-state index in [9.17, 15) is 0 Å². The van der Waals surface area contributed by atoms with E-state index < -0.39 is 0 Å². The van der Waals surface area contributed by atoms with Gasteiger partial charge in [-0.1, -0.05) is 0 Å². The number of anilines is 1. The molecule has 1 aromatic heterocycles. The number of likely N-dealkylation sites (N-methyl/N-ethyl adjacent to an activating group) is 1. The Morgan fingerprint density at radius 2 is 2.32 bits per heavy atom. The molecule has 1 N–H and O–H groups in total. The quantitative estimate of drug-likeness (QED) is 0.849. The highest BCUT2D eigenvalue weighted by Gasteiger charge is 2.17. The first-order valence-electron chi connectivity index (χ1n) is 7.06. The molecule has 0 saturated carbocycles. The van der Waals surface area contributed by atoms with Crippen LogP contribution < -0.4 is 5.32 Å². The van der Waals surface area contributed by atoms with Gasteiger partial charge >= 0.3 is 0 Å². The predicted molar refractivity (Wildman–Crippen MR) is 76.2 cm³/mol. The van der Waals surface area contributed by atoms with Crippen LogP contribution in [0.15, 0.2) is 6.07 Å². The molecule has 5 heteroatoms. The average Bonchev–Trinajstić information content (AvgIpc) is 2.81. The van der Waals surface area contributed by atoms with Gasteiger partial charge < -0.3 is 10.1 Å². The van der Waals surface area contributed by atoms with Crippen LogP contribution in [0.1, 0.15) is 31.3 Å². The Morgan fingerprint density at radius 1 is 1.47 bits per heavy atom. The summed E-state index contributed by atoms with van der Waals surface area (Å²) in [5.41, 5.74) is 1.01. The molecule has 5 nitrogen and oxygen atoms in total. The molecule has 0 bridgehead atoms. The van der Waals surface area contributed by atoms with Crippen molar-refractivity contribution >= 4 is 5.82 Å². The summed E-state index contributed by atoms with van der Waals surface area (Å²) in [6.07, 6.45) is 2.73. The Labute approximate surface area is 115 Å². The number of nitrogens with zero attached hydrogens (tertiary/aromatic N) is 3. The van der Waals surface area contributed by atoms with Crippen molar-refractivity contribution in [1.29, 1.82) is 0 Å². The zero-order valence-corrected chi connectivity index (χ0v) is 12.1. The summed E-state index contributed by atoms with van der Waals surface area (Å²) in [6.45, 7) is 7.58. The van der Waals surface area contributed by atoms with Gasteiger partial charge in [-0.2, -0.15) is 0 Å². The lowest BCUT2D eigenvalue weighted by Crippen LogP contribution is -2.29. The van der Waals surface area contributed by atoms with Crippen molar-refractivity contribution < 1.29 is 4.74 Å². The van der Waals surface area contributed by atoms with Gasteiger partial charge in [0.2, 0.25) is 0 Å². The molecular formula is C14H24N4O. The highest BCUT2D eigenvalue weighted by molar-refractivity contribution is 5.35. The maximum atomic E-state index is 5.65. The van der Waals surface area contributed by atoms with Crippen molar-refractivity contribution in [3.05, 3.63) is 17.6 Å². The number of hydrogen-bond donors (Lipinski definition) is 1. The Kier molecular flexibility index (Phi) is 5.10. The summed E-state index contributed by atoms with van der Waals surface area (Å²) in [7, 11) is 2.10. The fourth-order valence-electron chi connectivity index (χ4n) is 2.41. The van der Waals surface area contributed by atoms with Gasteiger partial charge in [-0.05, 0) is 33.7 Å². The first kappa shape index (κ1) is 14.2. The van der Waals surface area contributed by atoms with Crippen molar-refractivity contribution in [3.8, 4) is 0 Å². The lowest BCUT2D eigenvalue weighted by molar-refractivity contribution is 0.0786. The SMILES string of the molecule is CCNc1cc(C)nc(CN(C)CC2CCCO2)n1. The van der Waals surface area contributed by atoms with E-state index in [2.05, 4.69) is 34.2 Å². The standard InChI is InChI=1S/C14H24N4O/c1-4-15-13-8-11(2)16-14(17-13)10-18(3)9-12-6-5-7-19-12/h8,12H,4-7,9-10H2,1-3H3,(H,15,16,17). The molecule has 0 radical (unpaired) electrons. The van der Waals surface area contributed by atoms with Crippen molar-refractivity contribution in [2.75, 3.05) is 32.1 Å². The minimum absolute atomic E-state index is 0.378. The van der Waals surface area contributed by atoms with E-state index in [1.165, 1.54) is 12.8 Å². The average molecular weight is 264 g/mol. The third-order valence-electron chi connectivity index (χ3n) is 3.21. The summed E-state index contributed by atoms with van der Waals surface area (Å²) in [6, 6.07) is 1.98. The smallest absolute Gasteiger partial charge is 0.144 e. The van der Waals surface area contributed by atoms with Gasteiger partial charge in [0.15, 0.2) is 0 Å². The van der Waals surface area contributed by atoms with E-state index in [4.69, 9.17) is 4.74 Å². The van der Waals surface area contributed by atoms with Gasteiger partial charge in [0, 0.05) is 31.5 Å². The topological polar surface area (TPSA) is 50.3 Å². The largest absolute Gasteiger partial charge is 0.377 e. The molecule has 0 aliphatic carbocycles. The van der Waals surface area contributed by atoms with Crippen LogP contribution >= 0.6 is 0 Å². The van der Waals surface area contributed by atoms with Gasteiger partial charge in [-0.3, -0.25) is 4.90 Å². The van der Waals surface area contributed by atoms with E-state index >= 15 is 0 Å². The lowest BCUT2D eigenvalue weighted by atomic mass is 10.2. The van der Waals surface area contributed by atoms with Crippen molar-refractivity contribution in [3.63, 3.8) is 0 Å². The van der Waals surface area contributed by atoms with Crippen molar-refractivity contribution in [2.45, 2.75) is 39.3 Å². The minimum atomic E-state index is 0.378. The normalized spacial score (nSPS) is 19.1. The second kappa shape index (κ2) is 6.82. The first-order chi connectivity index (χ1) is 9.17. The van der Waals surface area contributed by atoms with E-state index in [-0.39, 0.29) is 0 Å². The Morgan fingerprint density at radius 3 is 3.00 bits per heavy atom. The summed E-state index contributed by atoms with van der Waals surface area (Å²) in [5, 5.41) is 3.24. The summed E-state index contributed by atoms with van der Waals surface area (Å²) >= 11 is 0. The van der Waals surface area contributed by atoms with Crippen LogP contribution in [0, 0.1) is 6.92 Å². The first-order valence-corrected chi connectivity index (χ1v) is 7.06. The zero-order valence-electron chi connectivity index (χ0n) is 12.1. The number of ether oxygens (including phenoxy) is 1. The minimum Gasteiger partial charge on any atom is -0.377 e. The van der Waals surface area contributed by atoms with Crippen LogP contribution in [0.3, 0.4) is 0 Å². The molecule has 0 aromatic carbocycles. The molecule has 2 rings (SSSR count). The summed E-state index contributed by atoms with van der Waals surface area (Å²) < 4.78 is 5.65. The summed E-state index contributed by atoms with van der Waals surface area (Å²) in [4.78, 5) is 11.3. The number of aryl methyl sites for hydroxylation is 1. The highest BCUT2D eigenvalue weighted by Crippen LogP contribution is 2.14. The monoisotopic (exact) mass is 264 g/mol. The number of rotatable bonds is 6. The molecular weight excluding hydrogens is 240 g/mol. The van der Waals surface area contributed by atoms with Gasteiger partial charge in [-0.25, -0.2) is 9.97 Å². The fraction of sp³-hybridized carbons (Fsp3) is 0.714. The van der Waals surface area contributed by atoms with Crippen LogP contribution in [0.2, 0.25) is 0 Å². The lowest BCUT2D eigenvalue weighted by Gasteiger charge is -2.20. The zero-order chi connectivity index (χ0) is 13.7. The molecule has 1 aromatic rings. The Hall–Kier alpha value is -1.20. The molecule has 106 valence electrons. The molecule has 19 heavy (non-hydrogen) atoms. The van der Waals surface area contributed by atoms with E-state index in [0.717, 1.165) is 43.6 Å². The van der Waals surface area contributed by atoms with E-state index in [0.29, 0.717) is 6.10 Å². The molecule has 0 spiro atoms. The van der Waals surface area contributed by atoms with Gasteiger partial charge in [-0.15, -0.1) is 0 Å². The Bertz CT molecular complexity index is 404. The number of nitrogens with one attached hydrogen (secondary N) is 1. The number of hydrogen-bond acceptors (Lipinski definition) is 5. The van der Waals surface area contributed by atoms with Gasteiger partial charge in [0.25, 0.3) is 0 Å². The van der Waals surface area contributed by atoms with Crippen LogP contribution in [0.4, 0.5) is 5.82 Å². The third-order valence-corrected chi connectivity index (χ3v) is 3.21. The molecule has 0 amide bonds. The maximum absolute atomic E-state index is 5.65. The Balaban J connectivity index is 1.93. The van der Waals surface area contributed by atoms with Crippen LogP contribution in [-0.4, -0.2) is 47.7 Å². The molecule has 1 aliphatic heterocycles. The number of aromatic nitrogens is 2. The molecule has 1 unspecified atom stereocenters. The van der Waals surface area contributed by atoms with Crippen LogP contribution in [0.5, 0.6) is 0 Å². The predicted octanol–water partition coefficient (Wildman–Crippen LogP) is 1.83. The molecule has 1 atom stereocenters. The molecule has 1 aliphatic rings. The van der Waals surface area contributed by atoms with Crippen LogP contribution in [0.25, 0.3) is 0 Å². The summed E-state index contributed by atoms with van der Waals surface area (Å²) in [5.74, 6) is 1.78.